The number of hydrogen-bond acceptors (Lipinski definition) is 5. The van der Waals surface area contributed by atoms with Crippen molar-refractivity contribution < 1.29 is 28.6 Å². The van der Waals surface area contributed by atoms with Crippen LogP contribution in [0.3, 0.4) is 0 Å². The van der Waals surface area contributed by atoms with E-state index in [1.807, 2.05) is 0 Å². The number of Topliss-reactive ketones (excluding diaryl/α,β-unsaturated/α-hetero) is 1. The van der Waals surface area contributed by atoms with Crippen LogP contribution in [0.5, 0.6) is 0 Å². The second-order valence-corrected chi connectivity index (χ2v) is 7.91. The molecule has 2 aliphatic heterocycles. The zero-order valence-electron chi connectivity index (χ0n) is 18.0. The van der Waals surface area contributed by atoms with Gasteiger partial charge < -0.3 is 19.6 Å². The number of likely N-dealkylation sites (N-methyl/N-ethyl adjacent to an activating group) is 1. The fraction of sp³-hybridized carbons (Fsp3) is 0.292. The molecule has 7 nitrogen and oxygen atoms in total. The molecule has 2 heterocycles. The maximum atomic E-state index is 14.2. The lowest BCUT2D eigenvalue weighted by atomic mass is 9.81. The van der Waals surface area contributed by atoms with Crippen molar-refractivity contribution in [3.8, 4) is 0 Å². The summed E-state index contributed by atoms with van der Waals surface area (Å²) >= 11 is 0. The number of benzene rings is 2. The molecule has 2 amide bonds. The number of halogens is 1. The molecule has 0 aromatic heterocycles. The maximum Gasteiger partial charge on any atom is 0.296 e. The molecule has 0 saturated carbocycles. The summed E-state index contributed by atoms with van der Waals surface area (Å²) in [6.07, 6.45) is 0.379. The molecule has 0 radical (unpaired) electrons. The Labute approximate surface area is 184 Å². The fourth-order valence-electron chi connectivity index (χ4n) is 4.52. The van der Waals surface area contributed by atoms with Crippen molar-refractivity contribution in [3.63, 3.8) is 0 Å². The van der Waals surface area contributed by atoms with E-state index < -0.39 is 34.7 Å². The van der Waals surface area contributed by atoms with Gasteiger partial charge in [0, 0.05) is 44.1 Å². The lowest BCUT2D eigenvalue weighted by Crippen LogP contribution is -2.51. The molecule has 0 unspecified atom stereocenters. The minimum Gasteiger partial charge on any atom is -0.507 e. The zero-order chi connectivity index (χ0) is 23.2. The number of carbonyl (C=O) groups is 3. The molecule has 1 fully saturated rings. The number of ketones is 1. The van der Waals surface area contributed by atoms with E-state index in [4.69, 9.17) is 4.74 Å². The zero-order valence-corrected chi connectivity index (χ0v) is 18.0. The highest BCUT2D eigenvalue weighted by Gasteiger charge is 2.66. The third-order valence-corrected chi connectivity index (χ3v) is 6.11. The largest absolute Gasteiger partial charge is 0.507 e. The third kappa shape index (κ3) is 2.86. The summed E-state index contributed by atoms with van der Waals surface area (Å²) in [4.78, 5) is 42.7. The number of carbonyl (C=O) groups excluding carboxylic acids is 3. The summed E-state index contributed by atoms with van der Waals surface area (Å²) in [7, 11) is 3.07. The highest BCUT2D eigenvalue weighted by atomic mass is 19.1. The average Bonchev–Trinajstić information content (AvgIpc) is 3.14. The number of fused-ring (bicyclic) bond motifs is 2. The third-order valence-electron chi connectivity index (χ3n) is 6.11. The lowest BCUT2D eigenvalue weighted by Gasteiger charge is -2.34. The van der Waals surface area contributed by atoms with Crippen molar-refractivity contribution in [2.24, 2.45) is 0 Å². The summed E-state index contributed by atoms with van der Waals surface area (Å²) in [6.45, 7) is 1.94. The van der Waals surface area contributed by atoms with Crippen LogP contribution in [0.25, 0.3) is 5.76 Å². The van der Waals surface area contributed by atoms with E-state index in [-0.39, 0.29) is 17.7 Å². The molecule has 2 aromatic rings. The van der Waals surface area contributed by atoms with Gasteiger partial charge in [0.1, 0.15) is 11.6 Å². The van der Waals surface area contributed by atoms with Crippen molar-refractivity contribution in [1.29, 1.82) is 0 Å². The molecule has 0 aliphatic carbocycles. The normalized spacial score (nSPS) is 21.7. The highest BCUT2D eigenvalue weighted by molar-refractivity contribution is 6.50. The van der Waals surface area contributed by atoms with Gasteiger partial charge in [0.2, 0.25) is 0 Å². The Hall–Kier alpha value is -3.52. The number of anilines is 1. The molecule has 0 bridgehead atoms. The monoisotopic (exact) mass is 438 g/mol. The van der Waals surface area contributed by atoms with Gasteiger partial charge in [-0.25, -0.2) is 4.39 Å². The van der Waals surface area contributed by atoms with Gasteiger partial charge in [-0.1, -0.05) is 30.3 Å². The van der Waals surface area contributed by atoms with E-state index in [1.54, 1.807) is 38.2 Å². The maximum absolute atomic E-state index is 14.2. The highest BCUT2D eigenvalue weighted by Crippen LogP contribution is 2.53. The summed E-state index contributed by atoms with van der Waals surface area (Å²) in [6, 6.07) is 10.8. The number of para-hydroxylation sites is 1. The molecule has 2 aromatic carbocycles. The van der Waals surface area contributed by atoms with Gasteiger partial charge >= 0.3 is 0 Å². The second-order valence-electron chi connectivity index (χ2n) is 7.91. The van der Waals surface area contributed by atoms with Gasteiger partial charge in [0.25, 0.3) is 17.6 Å². The molecule has 2 aliphatic rings. The quantitative estimate of drug-likeness (QED) is 0.336. The van der Waals surface area contributed by atoms with Crippen LogP contribution >= 0.6 is 0 Å². The topological polar surface area (TPSA) is 87.1 Å². The first-order valence-electron chi connectivity index (χ1n) is 10.2. The molecule has 1 saturated heterocycles. The first kappa shape index (κ1) is 21.7. The van der Waals surface area contributed by atoms with Crippen LogP contribution in [-0.2, 0) is 24.7 Å². The van der Waals surface area contributed by atoms with Crippen molar-refractivity contribution >= 4 is 29.0 Å². The van der Waals surface area contributed by atoms with Crippen LogP contribution in [0, 0.1) is 12.7 Å². The van der Waals surface area contributed by atoms with Crippen LogP contribution in [0.1, 0.15) is 23.1 Å². The standard InChI is InChI=1S/C24H23FN2O5/c1-14-9-10-15(13-17(14)25)20(28)19-21(29)22(30)27(11-6-12-32-3)24(19)16-7-4-5-8-18(16)26(2)23(24)31/h4-5,7-10,13,28H,6,11-12H2,1-3H3/t24-/m1/s1. The SMILES string of the molecule is COCCCN1C(=O)C(=O)C(=C(O)c2ccc(C)c(F)c2)[C@]12C(=O)N(C)c1ccccc12. The number of rotatable bonds is 5. The van der Waals surface area contributed by atoms with Gasteiger partial charge in [-0.15, -0.1) is 0 Å². The van der Waals surface area contributed by atoms with Crippen molar-refractivity contribution in [2.75, 3.05) is 32.2 Å². The molecule has 1 N–H and O–H groups in total. The number of aryl methyl sites for hydroxylation is 1. The Morgan fingerprint density at radius 1 is 1.16 bits per heavy atom. The van der Waals surface area contributed by atoms with Crippen molar-refractivity contribution in [1.82, 2.24) is 4.90 Å². The number of nitrogens with zero attached hydrogens (tertiary/aromatic N) is 2. The molecular formula is C24H23FN2O5. The van der Waals surface area contributed by atoms with Crippen LogP contribution in [0.15, 0.2) is 48.0 Å². The molecule has 8 heteroatoms. The number of aliphatic hydroxyl groups is 1. The molecule has 32 heavy (non-hydrogen) atoms. The van der Waals surface area contributed by atoms with Gasteiger partial charge in [0.15, 0.2) is 5.54 Å². The van der Waals surface area contributed by atoms with Crippen molar-refractivity contribution in [3.05, 3.63) is 70.5 Å². The summed E-state index contributed by atoms with van der Waals surface area (Å²) < 4.78 is 19.3. The Morgan fingerprint density at radius 2 is 1.88 bits per heavy atom. The molecule has 1 atom stereocenters. The summed E-state index contributed by atoms with van der Waals surface area (Å²) in [5.41, 5.74) is -0.876. The minimum atomic E-state index is -1.83. The molecule has 1 spiro atoms. The lowest BCUT2D eigenvalue weighted by molar-refractivity contribution is -0.143. The smallest absolute Gasteiger partial charge is 0.296 e. The van der Waals surface area contributed by atoms with E-state index in [0.29, 0.717) is 29.8 Å². The van der Waals surface area contributed by atoms with Crippen LogP contribution < -0.4 is 4.90 Å². The Kier molecular flexibility index (Phi) is 5.34. The number of ether oxygens (including phenoxy) is 1. The van der Waals surface area contributed by atoms with E-state index >= 15 is 0 Å². The van der Waals surface area contributed by atoms with E-state index in [9.17, 15) is 23.9 Å². The number of amides is 2. The molecule has 166 valence electrons. The predicted octanol–water partition coefficient (Wildman–Crippen LogP) is 2.72. The van der Waals surface area contributed by atoms with Crippen molar-refractivity contribution in [2.45, 2.75) is 18.9 Å². The van der Waals surface area contributed by atoms with Gasteiger partial charge in [0.05, 0.1) is 5.57 Å². The Balaban J connectivity index is 2.02. The Morgan fingerprint density at radius 3 is 2.56 bits per heavy atom. The first-order chi connectivity index (χ1) is 15.3. The van der Waals surface area contributed by atoms with E-state index in [0.717, 1.165) is 6.07 Å². The van der Waals surface area contributed by atoms with Crippen LogP contribution in [-0.4, -0.2) is 54.9 Å². The Bertz CT molecular complexity index is 1170. The number of likely N-dealkylation sites (tertiary alicyclic amines) is 1. The van der Waals surface area contributed by atoms with Gasteiger partial charge in [-0.05, 0) is 31.0 Å². The fourth-order valence-corrected chi connectivity index (χ4v) is 4.52. The molecular weight excluding hydrogens is 415 g/mol. The summed E-state index contributed by atoms with van der Waals surface area (Å²) in [5.74, 6) is -3.58. The number of methoxy groups -OCH3 is 1. The number of aliphatic hydroxyl groups excluding tert-OH is 1. The predicted molar refractivity (Wildman–Crippen MR) is 115 cm³/mol. The van der Waals surface area contributed by atoms with E-state index in [1.165, 1.54) is 29.0 Å². The number of hydrogen-bond donors (Lipinski definition) is 1. The minimum absolute atomic E-state index is 0.0159. The van der Waals surface area contributed by atoms with Crippen LogP contribution in [0.4, 0.5) is 10.1 Å². The van der Waals surface area contributed by atoms with Gasteiger partial charge in [-0.3, -0.25) is 14.4 Å². The first-order valence-corrected chi connectivity index (χ1v) is 10.2. The van der Waals surface area contributed by atoms with Crippen LogP contribution in [0.2, 0.25) is 0 Å². The second kappa shape index (κ2) is 7.87. The average molecular weight is 438 g/mol. The summed E-state index contributed by atoms with van der Waals surface area (Å²) in [5, 5.41) is 11.2. The van der Waals surface area contributed by atoms with E-state index in [2.05, 4.69) is 0 Å². The van der Waals surface area contributed by atoms with Gasteiger partial charge in [-0.2, -0.15) is 0 Å². The molecule has 4 rings (SSSR count).